The predicted octanol–water partition coefficient (Wildman–Crippen LogP) is -1.53. The Morgan fingerprint density at radius 3 is 2.44 bits per heavy atom. The van der Waals surface area contributed by atoms with Crippen LogP contribution in [0.3, 0.4) is 0 Å². The van der Waals surface area contributed by atoms with Gasteiger partial charge in [0, 0.05) is 5.41 Å². The van der Waals surface area contributed by atoms with Gasteiger partial charge in [-0.1, -0.05) is 26.3 Å². The first-order valence-corrected chi connectivity index (χ1v) is 5.55. The maximum Gasteiger partial charge on any atom is 1.00 e. The van der Waals surface area contributed by atoms with Gasteiger partial charge in [-0.15, -0.1) is 12.2 Å². The molecule has 0 radical (unpaired) electrons. The van der Waals surface area contributed by atoms with Crippen molar-refractivity contribution in [1.29, 1.82) is 0 Å². The summed E-state index contributed by atoms with van der Waals surface area (Å²) in [6, 6.07) is 0. The number of hydrogen-bond donors (Lipinski definition) is 0. The second-order valence-electron chi connectivity index (χ2n) is 4.86. The van der Waals surface area contributed by atoms with E-state index < -0.39 is 6.10 Å². The molecule has 1 saturated heterocycles. The van der Waals surface area contributed by atoms with E-state index in [9.17, 15) is 5.11 Å². The molecule has 3 nitrogen and oxygen atoms in total. The Labute approximate surface area is 110 Å². The van der Waals surface area contributed by atoms with Crippen molar-refractivity contribution >= 4 is 0 Å². The maximum atomic E-state index is 11.3. The van der Waals surface area contributed by atoms with E-state index in [0.717, 1.165) is 0 Å². The normalized spacial score (nSPS) is 23.0. The van der Waals surface area contributed by atoms with Crippen LogP contribution in [0.4, 0.5) is 0 Å². The molecule has 88 valence electrons. The molecule has 1 heterocycles. The summed E-state index contributed by atoms with van der Waals surface area (Å²) in [5, 5.41) is 11.3. The zero-order valence-corrected chi connectivity index (χ0v) is 10.9. The first kappa shape index (κ1) is 16.2. The van der Waals surface area contributed by atoms with Crippen LogP contribution in [0, 0.1) is 5.41 Å². The molecule has 0 aromatic carbocycles. The van der Waals surface area contributed by atoms with Gasteiger partial charge >= 0.3 is 18.9 Å². The average Bonchev–Trinajstić information content (AvgIpc) is 2.17. The zero-order valence-electron chi connectivity index (χ0n) is 10.9. The largest absolute Gasteiger partial charge is 1.00 e. The Balaban J connectivity index is 0.00000225. The van der Waals surface area contributed by atoms with Crippen LogP contribution in [0.2, 0.25) is 0 Å². The molecule has 0 N–H and O–H groups in total. The second-order valence-corrected chi connectivity index (χ2v) is 4.86. The molecule has 4 heteroatoms. The maximum absolute atomic E-state index is 11.3. The van der Waals surface area contributed by atoms with Crippen LogP contribution in [-0.4, -0.2) is 25.6 Å². The molecule has 1 rings (SSSR count). The van der Waals surface area contributed by atoms with E-state index in [4.69, 9.17) is 9.47 Å². The summed E-state index contributed by atoms with van der Waals surface area (Å²) < 4.78 is 11.1. The molecule has 16 heavy (non-hydrogen) atoms. The van der Waals surface area contributed by atoms with Crippen LogP contribution in [0.5, 0.6) is 0 Å². The van der Waals surface area contributed by atoms with Gasteiger partial charge in [0.1, 0.15) is 0 Å². The van der Waals surface area contributed by atoms with Crippen molar-refractivity contribution in [2.45, 2.75) is 46.0 Å². The molecule has 0 unspecified atom stereocenters. The van der Waals surface area contributed by atoms with E-state index in [1.54, 1.807) is 12.2 Å². The van der Waals surface area contributed by atoms with E-state index in [1.165, 1.54) is 0 Å². The summed E-state index contributed by atoms with van der Waals surface area (Å²) in [7, 11) is 0. The topological polar surface area (TPSA) is 41.5 Å². The summed E-state index contributed by atoms with van der Waals surface area (Å²) in [6.45, 7) is 7.51. The Bertz CT molecular complexity index is 206. The van der Waals surface area contributed by atoms with Gasteiger partial charge in [-0.2, -0.15) is 0 Å². The minimum atomic E-state index is -0.628. The first-order valence-electron chi connectivity index (χ1n) is 5.55. The van der Waals surface area contributed by atoms with Gasteiger partial charge in [0.25, 0.3) is 0 Å². The van der Waals surface area contributed by atoms with Crippen molar-refractivity contribution < 1.29 is 33.4 Å². The fourth-order valence-electron chi connectivity index (χ4n) is 1.50. The standard InChI is InChI=1S/C12H21O3.Li/c1-4-5-10(13)6-7-11-14-8-12(2,3)9-15-11;/h4-5,10-11H,6-9H2,1-3H3;/q-1;+1/b5-4-;/t10-;/m0./s1. The molecule has 1 fully saturated rings. The molecule has 0 aliphatic carbocycles. The molecule has 0 spiro atoms. The minimum absolute atomic E-state index is 0. The molecule has 1 aliphatic heterocycles. The molecular formula is C12H21LiO3. The fourth-order valence-corrected chi connectivity index (χ4v) is 1.50. The van der Waals surface area contributed by atoms with Crippen LogP contribution in [-0.2, 0) is 9.47 Å². The Kier molecular flexibility index (Phi) is 7.63. The number of allylic oxidation sites excluding steroid dienone is 1. The van der Waals surface area contributed by atoms with E-state index >= 15 is 0 Å². The summed E-state index contributed by atoms with van der Waals surface area (Å²) in [5.74, 6) is 0. The molecule has 0 bridgehead atoms. The molecule has 0 saturated carbocycles. The number of ether oxygens (including phenoxy) is 2. The average molecular weight is 220 g/mol. The third-order valence-electron chi connectivity index (χ3n) is 2.41. The summed E-state index contributed by atoms with van der Waals surface area (Å²) in [5.41, 5.74) is 0.108. The van der Waals surface area contributed by atoms with Gasteiger partial charge in [0.05, 0.1) is 13.2 Å². The van der Waals surface area contributed by atoms with Crippen LogP contribution < -0.4 is 24.0 Å². The Hall–Kier alpha value is 0.217. The first-order chi connectivity index (χ1) is 7.03. The zero-order chi connectivity index (χ0) is 11.3. The summed E-state index contributed by atoms with van der Waals surface area (Å²) in [4.78, 5) is 0. The molecule has 1 atom stereocenters. The van der Waals surface area contributed by atoms with E-state index in [-0.39, 0.29) is 30.6 Å². The van der Waals surface area contributed by atoms with Gasteiger partial charge < -0.3 is 14.6 Å². The van der Waals surface area contributed by atoms with Gasteiger partial charge in [0.15, 0.2) is 6.29 Å². The minimum Gasteiger partial charge on any atom is -0.849 e. The predicted molar refractivity (Wildman–Crippen MR) is 57.3 cm³/mol. The van der Waals surface area contributed by atoms with Crippen LogP contribution in [0.1, 0.15) is 33.6 Å². The summed E-state index contributed by atoms with van der Waals surface area (Å²) in [6.07, 6.45) is 3.93. The van der Waals surface area contributed by atoms with E-state index in [2.05, 4.69) is 13.8 Å². The monoisotopic (exact) mass is 220 g/mol. The van der Waals surface area contributed by atoms with Crippen molar-refractivity contribution in [3.05, 3.63) is 12.2 Å². The number of hydrogen-bond acceptors (Lipinski definition) is 3. The molecule has 0 aromatic heterocycles. The van der Waals surface area contributed by atoms with Crippen LogP contribution >= 0.6 is 0 Å². The SMILES string of the molecule is C/C=C\[C@H]([O-])CCC1OCC(C)(C)CO1.[Li+]. The molecular weight excluding hydrogens is 199 g/mol. The molecule has 0 amide bonds. The van der Waals surface area contributed by atoms with Crippen molar-refractivity contribution in [3.8, 4) is 0 Å². The second kappa shape index (κ2) is 7.53. The van der Waals surface area contributed by atoms with Crippen molar-refractivity contribution in [2.75, 3.05) is 13.2 Å². The smallest absolute Gasteiger partial charge is 0.849 e. The van der Waals surface area contributed by atoms with Gasteiger partial charge in [-0.25, -0.2) is 0 Å². The molecule has 0 aromatic rings. The van der Waals surface area contributed by atoms with E-state index in [1.807, 2.05) is 6.92 Å². The van der Waals surface area contributed by atoms with Gasteiger partial charge in [0.2, 0.25) is 0 Å². The Morgan fingerprint density at radius 1 is 1.38 bits per heavy atom. The van der Waals surface area contributed by atoms with E-state index in [0.29, 0.717) is 26.1 Å². The van der Waals surface area contributed by atoms with Gasteiger partial charge in [-0.05, 0) is 13.3 Å². The third kappa shape index (κ3) is 6.08. The van der Waals surface area contributed by atoms with Crippen molar-refractivity contribution in [2.24, 2.45) is 5.41 Å². The van der Waals surface area contributed by atoms with Gasteiger partial charge in [-0.3, -0.25) is 0 Å². The van der Waals surface area contributed by atoms with Crippen molar-refractivity contribution in [3.63, 3.8) is 0 Å². The quantitative estimate of drug-likeness (QED) is 0.426. The number of rotatable bonds is 4. The van der Waals surface area contributed by atoms with Crippen LogP contribution in [0.25, 0.3) is 0 Å². The Morgan fingerprint density at radius 2 is 1.94 bits per heavy atom. The fraction of sp³-hybridized carbons (Fsp3) is 0.833. The molecule has 1 aliphatic rings. The van der Waals surface area contributed by atoms with Crippen molar-refractivity contribution in [1.82, 2.24) is 0 Å². The summed E-state index contributed by atoms with van der Waals surface area (Å²) >= 11 is 0. The third-order valence-corrected chi connectivity index (χ3v) is 2.41. The van der Waals surface area contributed by atoms with Crippen LogP contribution in [0.15, 0.2) is 12.2 Å².